The fraction of sp³-hybridized carbons (Fsp3) is 0.750. The lowest BCUT2D eigenvalue weighted by atomic mass is 9.92. The largest absolute Gasteiger partial charge is 0.377 e. The van der Waals surface area contributed by atoms with Gasteiger partial charge in [0.25, 0.3) is 0 Å². The quantitative estimate of drug-likeness (QED) is 0.628. The monoisotopic (exact) mass is 318 g/mol. The van der Waals surface area contributed by atoms with Crippen LogP contribution in [0, 0.1) is 10.1 Å². The molecule has 116 valence electrons. The average Bonchev–Trinajstić information content (AvgIpc) is 2.78. The van der Waals surface area contributed by atoms with Crippen molar-refractivity contribution in [1.82, 2.24) is 14.7 Å². The molecule has 21 heavy (non-hydrogen) atoms. The lowest BCUT2D eigenvalue weighted by Gasteiger charge is -2.50. The number of hydrogen-bond acceptors (Lipinski definition) is 5. The van der Waals surface area contributed by atoms with E-state index >= 15 is 0 Å². The molecule has 3 rings (SSSR count). The standard InChI is InChI=1S/C12H16ClFN4O3/c1-12(6-21-7-12)16-3-2-9(8(14)5-16)17-11(13)10(4-15-17)18(19)20/h4,8-9H,2-3,5-7H2,1H3/t8-,9-/m0/s1. The third-order valence-corrected chi connectivity index (χ3v) is 4.69. The van der Waals surface area contributed by atoms with Gasteiger partial charge in [-0.05, 0) is 13.3 Å². The Hall–Kier alpha value is -1.25. The molecule has 0 amide bonds. The number of hydrogen-bond donors (Lipinski definition) is 0. The molecule has 0 radical (unpaired) electrons. The van der Waals surface area contributed by atoms with Gasteiger partial charge < -0.3 is 4.74 Å². The first-order valence-corrected chi connectivity index (χ1v) is 7.14. The molecule has 2 aliphatic rings. The molecule has 2 saturated heterocycles. The number of halogens is 2. The van der Waals surface area contributed by atoms with E-state index in [4.69, 9.17) is 16.3 Å². The molecule has 0 unspecified atom stereocenters. The van der Waals surface area contributed by atoms with E-state index in [0.29, 0.717) is 26.2 Å². The van der Waals surface area contributed by atoms with Gasteiger partial charge in [-0.15, -0.1) is 0 Å². The number of aromatic nitrogens is 2. The van der Waals surface area contributed by atoms with Crippen molar-refractivity contribution in [2.75, 3.05) is 26.3 Å². The molecule has 0 aromatic carbocycles. The second-order valence-electron chi connectivity index (χ2n) is 5.83. The van der Waals surface area contributed by atoms with Gasteiger partial charge in [0.05, 0.1) is 29.7 Å². The summed E-state index contributed by atoms with van der Waals surface area (Å²) < 4.78 is 20.9. The summed E-state index contributed by atoms with van der Waals surface area (Å²) in [6, 6.07) is -0.563. The second kappa shape index (κ2) is 5.19. The van der Waals surface area contributed by atoms with Crippen LogP contribution in [0.4, 0.5) is 10.1 Å². The maximum atomic E-state index is 14.5. The van der Waals surface area contributed by atoms with E-state index in [1.165, 1.54) is 4.68 Å². The minimum atomic E-state index is -1.17. The molecular weight excluding hydrogens is 303 g/mol. The van der Waals surface area contributed by atoms with Gasteiger partial charge in [-0.3, -0.25) is 15.0 Å². The highest BCUT2D eigenvalue weighted by atomic mass is 35.5. The molecule has 9 heteroatoms. The highest BCUT2D eigenvalue weighted by molar-refractivity contribution is 6.31. The summed E-state index contributed by atoms with van der Waals surface area (Å²) in [6.45, 7) is 4.22. The SMILES string of the molecule is CC1(N2CC[C@H](n3ncc([N+](=O)[O-])c3Cl)[C@@H](F)C2)COC1. The van der Waals surface area contributed by atoms with E-state index in [-0.39, 0.29) is 22.9 Å². The molecule has 2 atom stereocenters. The van der Waals surface area contributed by atoms with Crippen molar-refractivity contribution in [1.29, 1.82) is 0 Å². The predicted molar refractivity (Wildman–Crippen MR) is 73.2 cm³/mol. The zero-order chi connectivity index (χ0) is 15.2. The zero-order valence-electron chi connectivity index (χ0n) is 11.5. The molecule has 7 nitrogen and oxygen atoms in total. The fourth-order valence-electron chi connectivity index (χ4n) is 2.93. The fourth-order valence-corrected chi connectivity index (χ4v) is 3.22. The smallest absolute Gasteiger partial charge is 0.325 e. The molecule has 2 fully saturated rings. The number of piperidine rings is 1. The summed E-state index contributed by atoms with van der Waals surface area (Å²) >= 11 is 5.94. The molecular formula is C12H16ClFN4O3. The van der Waals surface area contributed by atoms with Crippen molar-refractivity contribution >= 4 is 17.3 Å². The first-order chi connectivity index (χ1) is 9.92. The van der Waals surface area contributed by atoms with Crippen LogP contribution >= 0.6 is 11.6 Å². The predicted octanol–water partition coefficient (Wildman–Crippen LogP) is 1.82. The number of rotatable bonds is 3. The Bertz CT molecular complexity index is 563. The van der Waals surface area contributed by atoms with Crippen LogP contribution in [0.2, 0.25) is 5.15 Å². The third kappa shape index (κ3) is 2.41. The number of ether oxygens (including phenoxy) is 1. The van der Waals surface area contributed by atoms with Gasteiger partial charge in [0.1, 0.15) is 12.4 Å². The van der Waals surface area contributed by atoms with Gasteiger partial charge in [-0.1, -0.05) is 11.6 Å². The van der Waals surface area contributed by atoms with Crippen molar-refractivity contribution in [3.05, 3.63) is 21.5 Å². The minimum absolute atomic E-state index is 0.102. The molecule has 0 spiro atoms. The first kappa shape index (κ1) is 14.7. The zero-order valence-corrected chi connectivity index (χ0v) is 12.3. The number of likely N-dealkylation sites (tertiary alicyclic amines) is 1. The van der Waals surface area contributed by atoms with Crippen LogP contribution in [0.1, 0.15) is 19.4 Å². The second-order valence-corrected chi connectivity index (χ2v) is 6.19. The van der Waals surface area contributed by atoms with E-state index in [2.05, 4.69) is 16.9 Å². The Kier molecular flexibility index (Phi) is 3.62. The maximum absolute atomic E-state index is 14.5. The van der Waals surface area contributed by atoms with Gasteiger partial charge in [0.2, 0.25) is 5.15 Å². The molecule has 1 aromatic rings. The number of alkyl halides is 1. The summed E-state index contributed by atoms with van der Waals surface area (Å²) in [5, 5.41) is 14.6. The van der Waals surface area contributed by atoms with Crippen LogP contribution in [0.3, 0.4) is 0 Å². The molecule has 0 bridgehead atoms. The summed E-state index contributed by atoms with van der Waals surface area (Å²) in [7, 11) is 0. The molecule has 0 saturated carbocycles. The molecule has 0 aliphatic carbocycles. The summed E-state index contributed by atoms with van der Waals surface area (Å²) in [5.74, 6) is 0. The van der Waals surface area contributed by atoms with Gasteiger partial charge in [0, 0.05) is 13.1 Å². The van der Waals surface area contributed by atoms with E-state index in [0.717, 1.165) is 6.20 Å². The van der Waals surface area contributed by atoms with Crippen molar-refractivity contribution in [3.63, 3.8) is 0 Å². The molecule has 0 N–H and O–H groups in total. The van der Waals surface area contributed by atoms with Gasteiger partial charge >= 0.3 is 5.69 Å². The maximum Gasteiger partial charge on any atom is 0.325 e. The minimum Gasteiger partial charge on any atom is -0.377 e. The van der Waals surface area contributed by atoms with Gasteiger partial charge in [0.15, 0.2) is 0 Å². The van der Waals surface area contributed by atoms with Crippen LogP contribution in [0.25, 0.3) is 0 Å². The normalized spacial score (nSPS) is 29.1. The lowest BCUT2D eigenvalue weighted by molar-refractivity contribution is -0.384. The Morgan fingerprint density at radius 1 is 1.62 bits per heavy atom. The summed E-state index contributed by atoms with van der Waals surface area (Å²) in [4.78, 5) is 12.2. The van der Waals surface area contributed by atoms with E-state index in [1.54, 1.807) is 0 Å². The van der Waals surface area contributed by atoms with Crippen LogP contribution in [-0.2, 0) is 4.74 Å². The van der Waals surface area contributed by atoms with E-state index in [9.17, 15) is 14.5 Å². The Balaban J connectivity index is 1.75. The van der Waals surface area contributed by atoms with Crippen LogP contribution in [0.15, 0.2) is 6.20 Å². The van der Waals surface area contributed by atoms with E-state index in [1.807, 2.05) is 0 Å². The topological polar surface area (TPSA) is 73.4 Å². The molecule has 2 aliphatic heterocycles. The molecule has 1 aromatic heterocycles. The molecule has 3 heterocycles. The van der Waals surface area contributed by atoms with Crippen molar-refractivity contribution < 1.29 is 14.1 Å². The van der Waals surface area contributed by atoms with Gasteiger partial charge in [-0.2, -0.15) is 5.10 Å². The number of nitrogens with zero attached hydrogens (tertiary/aromatic N) is 4. The van der Waals surface area contributed by atoms with Crippen LogP contribution in [0.5, 0.6) is 0 Å². The van der Waals surface area contributed by atoms with E-state index < -0.39 is 17.1 Å². The van der Waals surface area contributed by atoms with Crippen molar-refractivity contribution in [2.45, 2.75) is 31.1 Å². The Morgan fingerprint density at radius 3 is 2.81 bits per heavy atom. The first-order valence-electron chi connectivity index (χ1n) is 6.76. The van der Waals surface area contributed by atoms with Crippen LogP contribution < -0.4 is 0 Å². The third-order valence-electron chi connectivity index (χ3n) is 4.32. The van der Waals surface area contributed by atoms with Crippen LogP contribution in [-0.4, -0.2) is 57.6 Å². The van der Waals surface area contributed by atoms with Crippen molar-refractivity contribution in [3.8, 4) is 0 Å². The summed E-state index contributed by atoms with van der Waals surface area (Å²) in [6.07, 6.45) is 0.408. The Labute approximate surface area is 125 Å². The average molecular weight is 319 g/mol. The van der Waals surface area contributed by atoms with Crippen molar-refractivity contribution in [2.24, 2.45) is 0 Å². The highest BCUT2D eigenvalue weighted by Gasteiger charge is 2.44. The lowest BCUT2D eigenvalue weighted by Crippen LogP contribution is -2.63. The summed E-state index contributed by atoms with van der Waals surface area (Å²) in [5.41, 5.74) is -0.388. The number of nitro groups is 1. The highest BCUT2D eigenvalue weighted by Crippen LogP contribution is 2.35. The van der Waals surface area contributed by atoms with Gasteiger partial charge in [-0.25, -0.2) is 9.07 Å². The Morgan fingerprint density at radius 2 is 2.33 bits per heavy atom.